The van der Waals surface area contributed by atoms with Gasteiger partial charge < -0.3 is 9.72 Å². The lowest BCUT2D eigenvalue weighted by Gasteiger charge is -2.03. The van der Waals surface area contributed by atoms with Gasteiger partial charge in [-0.15, -0.1) is 0 Å². The van der Waals surface area contributed by atoms with Crippen molar-refractivity contribution in [3.8, 4) is 0 Å². The number of nitrogens with one attached hydrogen (secondary N) is 1. The quantitative estimate of drug-likeness (QED) is 0.359. The molecule has 0 aromatic carbocycles. The molecule has 0 saturated heterocycles. The van der Waals surface area contributed by atoms with E-state index in [9.17, 15) is 9.59 Å². The van der Waals surface area contributed by atoms with Gasteiger partial charge in [-0.2, -0.15) is 0 Å². The number of carbonyl (C=O) groups is 1. The molecule has 1 aromatic heterocycles. The predicted octanol–water partition coefficient (Wildman–Crippen LogP) is 0.981. The third-order valence-electron chi connectivity index (χ3n) is 1.60. The van der Waals surface area contributed by atoms with Gasteiger partial charge >= 0.3 is 5.97 Å². The summed E-state index contributed by atoms with van der Waals surface area (Å²) >= 11 is 1.23. The summed E-state index contributed by atoms with van der Waals surface area (Å²) in [6.07, 6.45) is 1.41. The number of hydrogen-bond donors (Lipinski definition) is 1. The Morgan fingerprint density at radius 1 is 1.69 bits per heavy atom. The number of aromatic nitrogens is 2. The van der Waals surface area contributed by atoms with Crippen molar-refractivity contribution in [1.29, 1.82) is 0 Å². The first-order valence-electron chi connectivity index (χ1n) is 4.66. The van der Waals surface area contributed by atoms with Gasteiger partial charge in [-0.05, 0) is 6.92 Å². The van der Waals surface area contributed by atoms with Crippen LogP contribution in [0.4, 0.5) is 0 Å². The van der Waals surface area contributed by atoms with Crippen molar-refractivity contribution in [2.75, 3.05) is 12.4 Å². The molecule has 0 amide bonds. The van der Waals surface area contributed by atoms with Crippen LogP contribution in [0.3, 0.4) is 0 Å². The summed E-state index contributed by atoms with van der Waals surface area (Å²) in [5.41, 5.74) is 0.123. The maximum absolute atomic E-state index is 11.2. The summed E-state index contributed by atoms with van der Waals surface area (Å²) in [6.45, 7) is 5.65. The van der Waals surface area contributed by atoms with E-state index in [1.54, 1.807) is 6.92 Å². The number of thioether (sulfide) groups is 1. The molecular weight excluding hydrogens is 228 g/mol. The second-order valence-corrected chi connectivity index (χ2v) is 3.82. The number of carbonyl (C=O) groups excluding carboxylic acids is 1. The Kier molecular flexibility index (Phi) is 4.78. The lowest BCUT2D eigenvalue weighted by atomic mass is 10.4. The average Bonchev–Trinajstić information content (AvgIpc) is 2.26. The SMILES string of the molecule is C=C(CSc1nccc(=O)[nH]1)C(=O)OCC. The van der Waals surface area contributed by atoms with Crippen molar-refractivity contribution in [3.63, 3.8) is 0 Å². The molecular formula is C10H12N2O3S. The Labute approximate surface area is 96.9 Å². The minimum atomic E-state index is -0.423. The van der Waals surface area contributed by atoms with Gasteiger partial charge in [0.05, 0.1) is 6.61 Å². The van der Waals surface area contributed by atoms with Gasteiger partial charge in [0.1, 0.15) is 0 Å². The fourth-order valence-electron chi connectivity index (χ4n) is 0.873. The molecule has 5 nitrogen and oxygen atoms in total. The molecule has 1 aromatic rings. The largest absolute Gasteiger partial charge is 0.463 e. The van der Waals surface area contributed by atoms with Gasteiger partial charge in [0, 0.05) is 23.6 Å². The van der Waals surface area contributed by atoms with Crippen LogP contribution < -0.4 is 5.56 Å². The topological polar surface area (TPSA) is 72.0 Å². The molecule has 1 heterocycles. The molecule has 16 heavy (non-hydrogen) atoms. The van der Waals surface area contributed by atoms with Crippen LogP contribution in [0.1, 0.15) is 6.92 Å². The van der Waals surface area contributed by atoms with Crippen LogP contribution in [0.2, 0.25) is 0 Å². The maximum atomic E-state index is 11.2. The Hall–Kier alpha value is -1.56. The summed E-state index contributed by atoms with van der Waals surface area (Å²) in [6, 6.07) is 1.32. The Morgan fingerprint density at radius 3 is 3.06 bits per heavy atom. The first-order chi connectivity index (χ1) is 7.63. The third kappa shape index (κ3) is 3.90. The number of esters is 1. The van der Waals surface area contributed by atoms with Gasteiger partial charge in [0.2, 0.25) is 0 Å². The van der Waals surface area contributed by atoms with E-state index < -0.39 is 5.97 Å². The zero-order chi connectivity index (χ0) is 12.0. The molecule has 0 spiro atoms. The first kappa shape index (κ1) is 12.5. The average molecular weight is 240 g/mol. The zero-order valence-electron chi connectivity index (χ0n) is 8.86. The van der Waals surface area contributed by atoms with E-state index in [0.717, 1.165) is 0 Å². The normalized spacial score (nSPS) is 9.81. The molecule has 6 heteroatoms. The van der Waals surface area contributed by atoms with Crippen molar-refractivity contribution in [3.05, 3.63) is 34.8 Å². The fraction of sp³-hybridized carbons (Fsp3) is 0.300. The maximum Gasteiger partial charge on any atom is 0.334 e. The highest BCUT2D eigenvalue weighted by Gasteiger charge is 2.08. The molecule has 86 valence electrons. The van der Waals surface area contributed by atoms with Crippen LogP contribution in [0.15, 0.2) is 34.4 Å². The number of nitrogens with zero attached hydrogens (tertiary/aromatic N) is 1. The highest BCUT2D eigenvalue weighted by Crippen LogP contribution is 2.14. The molecule has 0 fully saturated rings. The summed E-state index contributed by atoms with van der Waals surface area (Å²) < 4.78 is 4.77. The van der Waals surface area contributed by atoms with E-state index >= 15 is 0 Å². The highest BCUT2D eigenvalue weighted by atomic mass is 32.2. The van der Waals surface area contributed by atoms with Crippen molar-refractivity contribution in [1.82, 2.24) is 9.97 Å². The molecule has 0 atom stereocenters. The highest BCUT2D eigenvalue weighted by molar-refractivity contribution is 7.99. The summed E-state index contributed by atoms with van der Waals surface area (Å²) in [5.74, 6) is -0.0838. The van der Waals surface area contributed by atoms with Crippen molar-refractivity contribution in [2.45, 2.75) is 12.1 Å². The summed E-state index contributed by atoms with van der Waals surface area (Å²) in [4.78, 5) is 28.6. The van der Waals surface area contributed by atoms with E-state index in [1.807, 2.05) is 0 Å². The molecule has 0 saturated carbocycles. The first-order valence-corrected chi connectivity index (χ1v) is 5.65. The number of ether oxygens (including phenoxy) is 1. The van der Waals surface area contributed by atoms with Crippen LogP contribution in [-0.2, 0) is 9.53 Å². The van der Waals surface area contributed by atoms with E-state index in [-0.39, 0.29) is 5.56 Å². The second-order valence-electron chi connectivity index (χ2n) is 2.85. The van der Waals surface area contributed by atoms with Crippen LogP contribution in [0.5, 0.6) is 0 Å². The number of hydrogen-bond acceptors (Lipinski definition) is 5. The predicted molar refractivity (Wildman–Crippen MR) is 61.4 cm³/mol. The van der Waals surface area contributed by atoms with Gasteiger partial charge in [-0.25, -0.2) is 9.78 Å². The van der Waals surface area contributed by atoms with Crippen LogP contribution >= 0.6 is 11.8 Å². The summed E-state index contributed by atoms with van der Waals surface area (Å²) in [5, 5.41) is 0.456. The van der Waals surface area contributed by atoms with Crippen molar-refractivity contribution >= 4 is 17.7 Å². The molecule has 0 radical (unpaired) electrons. The van der Waals surface area contributed by atoms with E-state index in [2.05, 4.69) is 16.5 Å². The zero-order valence-corrected chi connectivity index (χ0v) is 9.67. The Balaban J connectivity index is 2.49. The summed E-state index contributed by atoms with van der Waals surface area (Å²) in [7, 11) is 0. The van der Waals surface area contributed by atoms with E-state index in [1.165, 1.54) is 24.0 Å². The second kappa shape index (κ2) is 6.12. The molecule has 1 rings (SSSR count). The molecule has 0 aliphatic carbocycles. The van der Waals surface area contributed by atoms with E-state index in [4.69, 9.17) is 4.74 Å². The van der Waals surface area contributed by atoms with Gasteiger partial charge in [0.15, 0.2) is 5.16 Å². The van der Waals surface area contributed by atoms with Gasteiger partial charge in [0.25, 0.3) is 5.56 Å². The molecule has 0 bridgehead atoms. The van der Waals surface area contributed by atoms with Crippen molar-refractivity contribution in [2.24, 2.45) is 0 Å². The molecule has 0 aliphatic heterocycles. The van der Waals surface area contributed by atoms with E-state index in [0.29, 0.717) is 23.1 Å². The molecule has 1 N–H and O–H groups in total. The van der Waals surface area contributed by atoms with Crippen LogP contribution in [0, 0.1) is 0 Å². The van der Waals surface area contributed by atoms with Crippen molar-refractivity contribution < 1.29 is 9.53 Å². The fourth-order valence-corrected chi connectivity index (χ4v) is 1.61. The van der Waals surface area contributed by atoms with Crippen LogP contribution in [-0.4, -0.2) is 28.3 Å². The minimum absolute atomic E-state index is 0.223. The monoisotopic (exact) mass is 240 g/mol. The standard InChI is InChI=1S/C10H12N2O3S/c1-3-15-9(14)7(2)6-16-10-11-5-4-8(13)12-10/h4-5H,2-3,6H2,1H3,(H,11,12,13). The smallest absolute Gasteiger partial charge is 0.334 e. The number of H-pyrrole nitrogens is 1. The third-order valence-corrected chi connectivity index (χ3v) is 2.57. The number of rotatable bonds is 5. The minimum Gasteiger partial charge on any atom is -0.463 e. The molecule has 0 unspecified atom stereocenters. The lowest BCUT2D eigenvalue weighted by Crippen LogP contribution is -2.10. The lowest BCUT2D eigenvalue weighted by molar-refractivity contribution is -0.138. The van der Waals surface area contributed by atoms with Crippen LogP contribution in [0.25, 0.3) is 0 Å². The Morgan fingerprint density at radius 2 is 2.44 bits per heavy atom. The van der Waals surface area contributed by atoms with Gasteiger partial charge in [-0.3, -0.25) is 4.79 Å². The molecule has 0 aliphatic rings. The Bertz CT molecular complexity index is 442. The van der Waals surface area contributed by atoms with Gasteiger partial charge in [-0.1, -0.05) is 18.3 Å². The number of aromatic amines is 1.